The zero-order chi connectivity index (χ0) is 14.9. The van der Waals surface area contributed by atoms with Crippen molar-refractivity contribution in [2.45, 2.75) is 24.9 Å². The Balaban J connectivity index is 1.75. The second-order valence-electron chi connectivity index (χ2n) is 5.31. The minimum atomic E-state index is -0.781. The monoisotopic (exact) mass is 302 g/mol. The largest absolute Gasteiger partial charge is 0.487 e. The molecule has 3 nitrogen and oxygen atoms in total. The van der Waals surface area contributed by atoms with Crippen LogP contribution in [0.3, 0.4) is 0 Å². The van der Waals surface area contributed by atoms with E-state index < -0.39 is 11.4 Å². The van der Waals surface area contributed by atoms with Gasteiger partial charge in [-0.05, 0) is 36.1 Å². The van der Waals surface area contributed by atoms with Gasteiger partial charge in [0, 0.05) is 0 Å². The van der Waals surface area contributed by atoms with E-state index in [9.17, 15) is 9.90 Å². The zero-order valence-electron chi connectivity index (χ0n) is 11.4. The number of hydrogen-bond donors (Lipinski definition) is 1. The van der Waals surface area contributed by atoms with Crippen LogP contribution in [0, 0.1) is 0 Å². The third kappa shape index (κ3) is 2.74. The number of ether oxygens (including phenoxy) is 1. The molecule has 3 rings (SSSR count). The van der Waals surface area contributed by atoms with E-state index in [0.717, 1.165) is 11.1 Å². The highest BCUT2D eigenvalue weighted by molar-refractivity contribution is 6.32. The molecule has 1 N–H and O–H groups in total. The first-order valence-electron chi connectivity index (χ1n) is 6.82. The van der Waals surface area contributed by atoms with Crippen LogP contribution in [0.5, 0.6) is 5.75 Å². The number of carboxylic acid groups (broad SMARTS) is 1. The second kappa shape index (κ2) is 5.41. The first kappa shape index (κ1) is 14.0. The molecule has 1 aliphatic carbocycles. The minimum Gasteiger partial charge on any atom is -0.487 e. The van der Waals surface area contributed by atoms with E-state index >= 15 is 0 Å². The van der Waals surface area contributed by atoms with Gasteiger partial charge >= 0.3 is 5.97 Å². The second-order valence-corrected chi connectivity index (χ2v) is 5.71. The van der Waals surface area contributed by atoms with Gasteiger partial charge in [0.15, 0.2) is 0 Å². The summed E-state index contributed by atoms with van der Waals surface area (Å²) in [6.45, 7) is 0.435. The van der Waals surface area contributed by atoms with Gasteiger partial charge in [0.25, 0.3) is 0 Å². The van der Waals surface area contributed by atoms with E-state index in [1.165, 1.54) is 0 Å². The SMILES string of the molecule is O=C(O)C1(c2ccc(OCc3ccccc3)c(Cl)c2)CC1. The highest BCUT2D eigenvalue weighted by atomic mass is 35.5. The summed E-state index contributed by atoms with van der Waals surface area (Å²) in [6.07, 6.45) is 1.34. The zero-order valence-corrected chi connectivity index (χ0v) is 12.1. The molecule has 4 heteroatoms. The summed E-state index contributed by atoms with van der Waals surface area (Å²) in [5, 5.41) is 9.75. The normalized spacial score (nSPS) is 15.5. The molecule has 1 fully saturated rings. The maximum absolute atomic E-state index is 11.3. The van der Waals surface area contributed by atoms with Crippen LogP contribution in [0.4, 0.5) is 0 Å². The summed E-state index contributed by atoms with van der Waals surface area (Å²) in [5.74, 6) is -0.207. The average molecular weight is 303 g/mol. The number of carbonyl (C=O) groups is 1. The molecule has 0 radical (unpaired) electrons. The van der Waals surface area contributed by atoms with Crippen LogP contribution in [0.2, 0.25) is 5.02 Å². The summed E-state index contributed by atoms with van der Waals surface area (Å²) in [6, 6.07) is 15.1. The first-order valence-corrected chi connectivity index (χ1v) is 7.20. The predicted molar refractivity (Wildman–Crippen MR) is 80.8 cm³/mol. The Hall–Kier alpha value is -2.00. The van der Waals surface area contributed by atoms with Gasteiger partial charge in [-0.15, -0.1) is 0 Å². The maximum Gasteiger partial charge on any atom is 0.314 e. The highest BCUT2D eigenvalue weighted by Crippen LogP contribution is 2.49. The standard InChI is InChI=1S/C17H15ClO3/c18-14-10-13(17(8-9-17)16(19)20)6-7-15(14)21-11-12-4-2-1-3-5-12/h1-7,10H,8-9,11H2,(H,19,20). The summed E-state index contributed by atoms with van der Waals surface area (Å²) in [5.41, 5.74) is 1.08. The van der Waals surface area contributed by atoms with Gasteiger partial charge in [-0.3, -0.25) is 4.79 Å². The fourth-order valence-electron chi connectivity index (χ4n) is 2.40. The molecule has 0 spiro atoms. The lowest BCUT2D eigenvalue weighted by molar-refractivity contribution is -0.140. The van der Waals surface area contributed by atoms with Crippen LogP contribution in [0.15, 0.2) is 48.5 Å². The van der Waals surface area contributed by atoms with Crippen LogP contribution in [-0.2, 0) is 16.8 Å². The van der Waals surface area contributed by atoms with Crippen molar-refractivity contribution in [1.82, 2.24) is 0 Å². The Morgan fingerprint density at radius 2 is 1.90 bits per heavy atom. The van der Waals surface area contributed by atoms with E-state index in [1.807, 2.05) is 30.3 Å². The molecule has 0 heterocycles. The van der Waals surface area contributed by atoms with Gasteiger partial charge in [0.1, 0.15) is 12.4 Å². The van der Waals surface area contributed by atoms with Crippen molar-refractivity contribution in [3.8, 4) is 5.75 Å². The molecule has 1 saturated carbocycles. The Labute approximate surface area is 128 Å². The Bertz CT molecular complexity index is 663. The number of halogens is 1. The number of carboxylic acids is 1. The molecule has 0 amide bonds. The summed E-state index contributed by atoms with van der Waals surface area (Å²) >= 11 is 6.22. The average Bonchev–Trinajstić information content (AvgIpc) is 3.29. The molecule has 0 unspecified atom stereocenters. The lowest BCUT2D eigenvalue weighted by Gasteiger charge is -2.13. The molecule has 21 heavy (non-hydrogen) atoms. The molecule has 1 aliphatic rings. The highest BCUT2D eigenvalue weighted by Gasteiger charge is 2.51. The van der Waals surface area contributed by atoms with Crippen LogP contribution in [0.1, 0.15) is 24.0 Å². The lowest BCUT2D eigenvalue weighted by Crippen LogP contribution is -2.19. The van der Waals surface area contributed by atoms with Gasteiger partial charge in [-0.25, -0.2) is 0 Å². The fourth-order valence-corrected chi connectivity index (χ4v) is 2.64. The number of benzene rings is 2. The van der Waals surface area contributed by atoms with Crippen LogP contribution in [-0.4, -0.2) is 11.1 Å². The summed E-state index contributed by atoms with van der Waals surface area (Å²) < 4.78 is 5.69. The van der Waals surface area contributed by atoms with Gasteiger partial charge in [0.05, 0.1) is 10.4 Å². The van der Waals surface area contributed by atoms with Crippen molar-refractivity contribution in [2.24, 2.45) is 0 Å². The summed E-state index contributed by atoms with van der Waals surface area (Å²) in [7, 11) is 0. The van der Waals surface area contributed by atoms with Crippen LogP contribution in [0.25, 0.3) is 0 Å². The van der Waals surface area contributed by atoms with E-state index in [1.54, 1.807) is 18.2 Å². The molecular formula is C17H15ClO3. The van der Waals surface area contributed by atoms with Crippen LogP contribution >= 0.6 is 11.6 Å². The topological polar surface area (TPSA) is 46.5 Å². The molecule has 0 aliphatic heterocycles. The molecule has 108 valence electrons. The number of rotatable bonds is 5. The van der Waals surface area contributed by atoms with Crippen molar-refractivity contribution in [3.63, 3.8) is 0 Å². The lowest BCUT2D eigenvalue weighted by atomic mass is 9.96. The molecule has 0 atom stereocenters. The molecule has 0 bridgehead atoms. The van der Waals surface area contributed by atoms with Crippen LogP contribution < -0.4 is 4.74 Å². The third-order valence-corrected chi connectivity index (χ3v) is 4.18. The maximum atomic E-state index is 11.3. The molecule has 2 aromatic carbocycles. The first-order chi connectivity index (χ1) is 10.1. The quantitative estimate of drug-likeness (QED) is 0.907. The van der Waals surface area contributed by atoms with E-state index in [0.29, 0.717) is 30.2 Å². The Morgan fingerprint density at radius 3 is 2.48 bits per heavy atom. The van der Waals surface area contributed by atoms with Crippen molar-refractivity contribution in [3.05, 3.63) is 64.7 Å². The van der Waals surface area contributed by atoms with Crippen molar-refractivity contribution in [2.75, 3.05) is 0 Å². The van der Waals surface area contributed by atoms with Gasteiger partial charge in [-0.2, -0.15) is 0 Å². The Morgan fingerprint density at radius 1 is 1.19 bits per heavy atom. The minimum absolute atomic E-state index is 0.435. The third-order valence-electron chi connectivity index (χ3n) is 3.88. The van der Waals surface area contributed by atoms with Gasteiger partial charge < -0.3 is 9.84 Å². The molecular weight excluding hydrogens is 288 g/mol. The number of hydrogen-bond acceptors (Lipinski definition) is 2. The Kier molecular flexibility index (Phi) is 3.60. The van der Waals surface area contributed by atoms with Crippen molar-refractivity contribution < 1.29 is 14.6 Å². The van der Waals surface area contributed by atoms with Crippen molar-refractivity contribution in [1.29, 1.82) is 0 Å². The smallest absolute Gasteiger partial charge is 0.314 e. The van der Waals surface area contributed by atoms with Gasteiger partial charge in [0.2, 0.25) is 0 Å². The molecule has 0 aromatic heterocycles. The predicted octanol–water partition coefficient (Wildman–Crippen LogP) is 4.04. The number of aliphatic carboxylic acids is 1. The van der Waals surface area contributed by atoms with E-state index in [2.05, 4.69) is 0 Å². The van der Waals surface area contributed by atoms with Crippen molar-refractivity contribution >= 4 is 17.6 Å². The van der Waals surface area contributed by atoms with E-state index in [-0.39, 0.29) is 0 Å². The molecule has 0 saturated heterocycles. The van der Waals surface area contributed by atoms with Gasteiger partial charge in [-0.1, -0.05) is 48.0 Å². The summed E-state index contributed by atoms with van der Waals surface area (Å²) in [4.78, 5) is 11.3. The fraction of sp³-hybridized carbons (Fsp3) is 0.235. The molecule has 2 aromatic rings. The van der Waals surface area contributed by atoms with E-state index in [4.69, 9.17) is 16.3 Å².